The second-order valence-corrected chi connectivity index (χ2v) is 4.48. The van der Waals surface area contributed by atoms with Crippen LogP contribution in [-0.2, 0) is 6.42 Å². The smallest absolute Gasteiger partial charge is 0.132 e. The zero-order chi connectivity index (χ0) is 11.1. The maximum atomic E-state index is 13.3. The van der Waals surface area contributed by atoms with E-state index >= 15 is 0 Å². The molecule has 0 aliphatic rings. The van der Waals surface area contributed by atoms with Gasteiger partial charge in [-0.1, -0.05) is 6.07 Å². The number of aromatic nitrogens is 1. The average Bonchev–Trinajstić information content (AvgIpc) is 2.45. The van der Waals surface area contributed by atoms with E-state index in [2.05, 4.69) is 4.98 Å². The predicted molar refractivity (Wildman–Crippen MR) is 58.3 cm³/mol. The van der Waals surface area contributed by atoms with Crippen molar-refractivity contribution in [1.29, 1.82) is 0 Å². The minimum absolute atomic E-state index is 0.231. The molecule has 0 spiro atoms. The van der Waals surface area contributed by atoms with Crippen molar-refractivity contribution in [1.82, 2.24) is 4.98 Å². The van der Waals surface area contributed by atoms with Gasteiger partial charge in [-0.05, 0) is 32.0 Å². The Hall–Kier alpha value is -1.35. The molecular weight excluding hydrogens is 193 g/mol. The lowest BCUT2D eigenvalue weighted by molar-refractivity contribution is 0.0801. The third-order valence-corrected chi connectivity index (χ3v) is 2.29. The monoisotopic (exact) mass is 207 g/mol. The van der Waals surface area contributed by atoms with E-state index in [1.54, 1.807) is 26.0 Å². The molecule has 0 aliphatic carbocycles. The molecule has 15 heavy (non-hydrogen) atoms. The number of hydrogen-bond donors (Lipinski definition) is 2. The minimum Gasteiger partial charge on any atom is -0.390 e. The van der Waals surface area contributed by atoms with Crippen LogP contribution in [0.2, 0.25) is 0 Å². The van der Waals surface area contributed by atoms with E-state index in [4.69, 9.17) is 0 Å². The number of H-pyrrole nitrogens is 1. The molecule has 0 unspecified atom stereocenters. The summed E-state index contributed by atoms with van der Waals surface area (Å²) in [5.41, 5.74) is 0.842. The largest absolute Gasteiger partial charge is 0.390 e. The lowest BCUT2D eigenvalue weighted by Gasteiger charge is -2.15. The van der Waals surface area contributed by atoms with Crippen LogP contribution in [0.1, 0.15) is 19.5 Å². The van der Waals surface area contributed by atoms with Crippen molar-refractivity contribution in [3.63, 3.8) is 0 Å². The molecule has 2 rings (SSSR count). The summed E-state index contributed by atoms with van der Waals surface area (Å²) in [6.45, 7) is 3.46. The fraction of sp³-hybridized carbons (Fsp3) is 0.333. The van der Waals surface area contributed by atoms with Crippen molar-refractivity contribution in [3.05, 3.63) is 35.8 Å². The Bertz CT molecular complexity index is 482. The second-order valence-electron chi connectivity index (χ2n) is 4.48. The third-order valence-electron chi connectivity index (χ3n) is 2.29. The van der Waals surface area contributed by atoms with Gasteiger partial charge in [0.1, 0.15) is 5.82 Å². The summed E-state index contributed by atoms with van der Waals surface area (Å²) in [5.74, 6) is -0.231. The number of aromatic amines is 1. The number of halogens is 1. The molecule has 0 aliphatic heterocycles. The molecule has 2 aromatic rings. The number of fused-ring (bicyclic) bond motifs is 1. The highest BCUT2D eigenvalue weighted by Gasteiger charge is 2.15. The van der Waals surface area contributed by atoms with Gasteiger partial charge in [0.05, 0.1) is 5.60 Å². The first-order valence-corrected chi connectivity index (χ1v) is 4.94. The highest BCUT2D eigenvalue weighted by atomic mass is 19.1. The summed E-state index contributed by atoms with van der Waals surface area (Å²) in [5, 5.41) is 10.2. The van der Waals surface area contributed by atoms with Gasteiger partial charge in [-0.3, -0.25) is 0 Å². The van der Waals surface area contributed by atoms with E-state index in [1.165, 1.54) is 6.07 Å². The highest BCUT2D eigenvalue weighted by molar-refractivity contribution is 5.80. The molecule has 0 saturated carbocycles. The normalized spacial score (nSPS) is 12.3. The second kappa shape index (κ2) is 3.35. The Labute approximate surface area is 87.7 Å². The molecule has 2 N–H and O–H groups in total. The van der Waals surface area contributed by atoms with Crippen LogP contribution >= 0.6 is 0 Å². The molecular formula is C12H14FNO. The van der Waals surface area contributed by atoms with Crippen LogP contribution in [0.5, 0.6) is 0 Å². The van der Waals surface area contributed by atoms with Crippen molar-refractivity contribution >= 4 is 10.9 Å². The van der Waals surface area contributed by atoms with Crippen molar-refractivity contribution in [2.45, 2.75) is 25.9 Å². The van der Waals surface area contributed by atoms with Gasteiger partial charge in [0.2, 0.25) is 0 Å². The number of aliphatic hydroxyl groups is 1. The van der Waals surface area contributed by atoms with Gasteiger partial charge in [0, 0.05) is 23.0 Å². The van der Waals surface area contributed by atoms with Gasteiger partial charge in [-0.15, -0.1) is 0 Å². The standard InChI is InChI=1S/C12H14FNO/c1-12(2,15)7-8-6-9-10(13)4-3-5-11(9)14-8/h3-6,14-15H,7H2,1-2H3. The Morgan fingerprint density at radius 1 is 1.40 bits per heavy atom. The van der Waals surface area contributed by atoms with Crippen LogP contribution in [0.25, 0.3) is 10.9 Å². The first-order valence-electron chi connectivity index (χ1n) is 4.94. The molecule has 1 aromatic heterocycles. The van der Waals surface area contributed by atoms with Crippen LogP contribution in [0, 0.1) is 5.82 Å². The predicted octanol–water partition coefficient (Wildman–Crippen LogP) is 2.62. The molecule has 80 valence electrons. The van der Waals surface area contributed by atoms with Gasteiger partial charge in [-0.2, -0.15) is 0 Å². The number of hydrogen-bond acceptors (Lipinski definition) is 1. The first-order chi connectivity index (χ1) is 6.96. The van der Waals surface area contributed by atoms with Crippen LogP contribution in [0.3, 0.4) is 0 Å². The Balaban J connectivity index is 2.44. The lowest BCUT2D eigenvalue weighted by Crippen LogP contribution is -2.21. The van der Waals surface area contributed by atoms with E-state index in [0.29, 0.717) is 11.8 Å². The van der Waals surface area contributed by atoms with Crippen LogP contribution < -0.4 is 0 Å². The summed E-state index contributed by atoms with van der Waals surface area (Å²) < 4.78 is 13.3. The van der Waals surface area contributed by atoms with Crippen LogP contribution in [0.15, 0.2) is 24.3 Å². The molecule has 0 radical (unpaired) electrons. The molecule has 0 bridgehead atoms. The van der Waals surface area contributed by atoms with E-state index in [9.17, 15) is 9.50 Å². The molecule has 1 aromatic carbocycles. The van der Waals surface area contributed by atoms with Crippen molar-refractivity contribution in [3.8, 4) is 0 Å². The Kier molecular flexibility index (Phi) is 2.27. The number of nitrogens with one attached hydrogen (secondary N) is 1. The van der Waals surface area contributed by atoms with Crippen molar-refractivity contribution in [2.75, 3.05) is 0 Å². The van der Waals surface area contributed by atoms with E-state index in [-0.39, 0.29) is 5.82 Å². The minimum atomic E-state index is -0.780. The molecule has 3 heteroatoms. The van der Waals surface area contributed by atoms with E-state index in [1.807, 2.05) is 6.07 Å². The van der Waals surface area contributed by atoms with Gasteiger partial charge in [0.25, 0.3) is 0 Å². The molecule has 0 atom stereocenters. The molecule has 2 nitrogen and oxygen atoms in total. The third kappa shape index (κ3) is 2.18. The first kappa shape index (κ1) is 10.2. The van der Waals surface area contributed by atoms with Crippen LogP contribution in [0.4, 0.5) is 4.39 Å². The zero-order valence-electron chi connectivity index (χ0n) is 8.84. The van der Waals surface area contributed by atoms with Gasteiger partial charge in [-0.25, -0.2) is 4.39 Å². The molecule has 0 fully saturated rings. The molecule has 0 amide bonds. The summed E-state index contributed by atoms with van der Waals surface area (Å²) in [6, 6.07) is 6.68. The topological polar surface area (TPSA) is 36.0 Å². The van der Waals surface area contributed by atoms with Gasteiger partial charge >= 0.3 is 0 Å². The van der Waals surface area contributed by atoms with Crippen LogP contribution in [-0.4, -0.2) is 15.7 Å². The molecule has 0 saturated heterocycles. The van der Waals surface area contributed by atoms with Crippen molar-refractivity contribution < 1.29 is 9.50 Å². The summed E-state index contributed by atoms with van der Waals surface area (Å²) in [6.07, 6.45) is 0.487. The fourth-order valence-corrected chi connectivity index (χ4v) is 1.74. The average molecular weight is 207 g/mol. The maximum Gasteiger partial charge on any atom is 0.132 e. The van der Waals surface area contributed by atoms with Gasteiger partial charge < -0.3 is 10.1 Å². The molecule has 1 heterocycles. The zero-order valence-corrected chi connectivity index (χ0v) is 8.84. The summed E-state index contributed by atoms with van der Waals surface area (Å²) >= 11 is 0. The van der Waals surface area contributed by atoms with E-state index < -0.39 is 5.60 Å². The SMILES string of the molecule is CC(C)(O)Cc1cc2c(F)cccc2[nH]1. The summed E-state index contributed by atoms with van der Waals surface area (Å²) in [4.78, 5) is 3.09. The van der Waals surface area contributed by atoms with E-state index in [0.717, 1.165) is 11.2 Å². The Morgan fingerprint density at radius 2 is 2.13 bits per heavy atom. The lowest BCUT2D eigenvalue weighted by atomic mass is 10.0. The van der Waals surface area contributed by atoms with Gasteiger partial charge in [0.15, 0.2) is 0 Å². The number of rotatable bonds is 2. The highest BCUT2D eigenvalue weighted by Crippen LogP contribution is 2.21. The summed E-state index contributed by atoms with van der Waals surface area (Å²) in [7, 11) is 0. The Morgan fingerprint density at radius 3 is 2.73 bits per heavy atom. The number of benzene rings is 1. The fourth-order valence-electron chi connectivity index (χ4n) is 1.74. The van der Waals surface area contributed by atoms with Crippen molar-refractivity contribution in [2.24, 2.45) is 0 Å². The quantitative estimate of drug-likeness (QED) is 0.780. The maximum absolute atomic E-state index is 13.3.